The van der Waals surface area contributed by atoms with E-state index in [9.17, 15) is 14.4 Å². The lowest BCUT2D eigenvalue weighted by atomic mass is 10.0. The van der Waals surface area contributed by atoms with Crippen LogP contribution in [0.1, 0.15) is 26.2 Å². The zero-order valence-corrected chi connectivity index (χ0v) is 10.8. The molecule has 18 heavy (non-hydrogen) atoms. The summed E-state index contributed by atoms with van der Waals surface area (Å²) in [6.07, 6.45) is 2.26. The number of carboxylic acids is 1. The predicted octanol–water partition coefficient (Wildman–Crippen LogP) is 1.23. The van der Waals surface area contributed by atoms with Crippen LogP contribution in [0.4, 0.5) is 4.79 Å². The van der Waals surface area contributed by atoms with Gasteiger partial charge in [0, 0.05) is 26.4 Å². The molecule has 0 aliphatic rings. The molecule has 0 heterocycles. The van der Waals surface area contributed by atoms with Crippen LogP contribution in [0.2, 0.25) is 0 Å². The summed E-state index contributed by atoms with van der Waals surface area (Å²) >= 11 is 0. The number of rotatable bonds is 7. The van der Waals surface area contributed by atoms with Crippen molar-refractivity contribution >= 4 is 17.9 Å². The lowest BCUT2D eigenvalue weighted by molar-refractivity contribution is -0.138. The molecule has 0 aromatic carbocycles. The number of carboxylic acid groups (broad SMARTS) is 1. The summed E-state index contributed by atoms with van der Waals surface area (Å²) in [5.41, 5.74) is 0. The van der Waals surface area contributed by atoms with E-state index >= 15 is 0 Å². The van der Waals surface area contributed by atoms with Crippen molar-refractivity contribution in [3.8, 4) is 0 Å². The summed E-state index contributed by atoms with van der Waals surface area (Å²) < 4.78 is 0. The highest BCUT2D eigenvalue weighted by Crippen LogP contribution is 2.06. The average molecular weight is 256 g/mol. The van der Waals surface area contributed by atoms with Crippen molar-refractivity contribution in [2.45, 2.75) is 26.2 Å². The summed E-state index contributed by atoms with van der Waals surface area (Å²) in [6.45, 7) is 5.67. The van der Waals surface area contributed by atoms with Crippen molar-refractivity contribution in [2.24, 2.45) is 5.92 Å². The Morgan fingerprint density at radius 1 is 1.39 bits per heavy atom. The molecule has 0 aliphatic carbocycles. The Bertz CT molecular complexity index is 328. The van der Waals surface area contributed by atoms with Gasteiger partial charge in [-0.15, -0.1) is 6.58 Å². The number of imide groups is 1. The van der Waals surface area contributed by atoms with Crippen LogP contribution in [0, 0.1) is 5.92 Å². The second-order valence-corrected chi connectivity index (χ2v) is 4.26. The number of amides is 3. The van der Waals surface area contributed by atoms with Gasteiger partial charge in [0.15, 0.2) is 0 Å². The second kappa shape index (κ2) is 8.27. The Hall–Kier alpha value is -1.85. The normalized spacial score (nSPS) is 11.4. The van der Waals surface area contributed by atoms with E-state index in [4.69, 9.17) is 5.11 Å². The molecule has 6 nitrogen and oxygen atoms in total. The summed E-state index contributed by atoms with van der Waals surface area (Å²) in [4.78, 5) is 34.8. The molecular formula is C12H20N2O4. The standard InChI is InChI=1S/C12H20N2O4/c1-4-5-6-14(3)12(18)13-10(15)7-9(2)8-11(16)17/h4,9H,1,5-8H2,2-3H3,(H,16,17)(H,13,15,18). The number of nitrogens with one attached hydrogen (secondary N) is 1. The van der Waals surface area contributed by atoms with Gasteiger partial charge in [-0.2, -0.15) is 0 Å². The molecule has 2 N–H and O–H groups in total. The van der Waals surface area contributed by atoms with Crippen molar-refractivity contribution in [1.29, 1.82) is 0 Å². The van der Waals surface area contributed by atoms with Gasteiger partial charge < -0.3 is 10.0 Å². The molecule has 0 saturated carbocycles. The minimum Gasteiger partial charge on any atom is -0.481 e. The van der Waals surface area contributed by atoms with Gasteiger partial charge in [0.05, 0.1) is 0 Å². The van der Waals surface area contributed by atoms with Crippen LogP contribution in [0.15, 0.2) is 12.7 Å². The Labute approximate surface area is 107 Å². The fraction of sp³-hybridized carbons (Fsp3) is 0.583. The number of nitrogens with zero attached hydrogens (tertiary/aromatic N) is 1. The van der Waals surface area contributed by atoms with Crippen LogP contribution in [0.5, 0.6) is 0 Å². The Morgan fingerprint density at radius 2 is 2.00 bits per heavy atom. The van der Waals surface area contributed by atoms with E-state index in [-0.39, 0.29) is 18.8 Å². The van der Waals surface area contributed by atoms with Crippen LogP contribution in [0.3, 0.4) is 0 Å². The number of aliphatic carboxylic acids is 1. The molecule has 0 aromatic heterocycles. The van der Waals surface area contributed by atoms with Crippen LogP contribution >= 0.6 is 0 Å². The molecule has 1 unspecified atom stereocenters. The molecule has 1 atom stereocenters. The molecule has 0 bridgehead atoms. The van der Waals surface area contributed by atoms with Crippen molar-refractivity contribution in [2.75, 3.05) is 13.6 Å². The quantitative estimate of drug-likeness (QED) is 0.671. The van der Waals surface area contributed by atoms with Gasteiger partial charge in [0.2, 0.25) is 5.91 Å². The molecule has 0 aliphatic heterocycles. The number of hydrogen-bond donors (Lipinski definition) is 2. The minimum atomic E-state index is -0.954. The van der Waals surface area contributed by atoms with E-state index in [1.165, 1.54) is 4.90 Å². The number of hydrogen-bond acceptors (Lipinski definition) is 3. The van der Waals surface area contributed by atoms with Crippen LogP contribution < -0.4 is 5.32 Å². The SMILES string of the molecule is C=CCCN(C)C(=O)NC(=O)CC(C)CC(=O)O. The van der Waals surface area contributed by atoms with E-state index in [2.05, 4.69) is 11.9 Å². The van der Waals surface area contributed by atoms with Gasteiger partial charge in [-0.05, 0) is 12.3 Å². The highest BCUT2D eigenvalue weighted by atomic mass is 16.4. The highest BCUT2D eigenvalue weighted by molar-refractivity contribution is 5.94. The third-order valence-corrected chi connectivity index (χ3v) is 2.32. The molecular weight excluding hydrogens is 236 g/mol. The van der Waals surface area contributed by atoms with Crippen molar-refractivity contribution in [3.05, 3.63) is 12.7 Å². The largest absolute Gasteiger partial charge is 0.481 e. The van der Waals surface area contributed by atoms with Gasteiger partial charge in [-0.1, -0.05) is 13.0 Å². The lowest BCUT2D eigenvalue weighted by Gasteiger charge is -2.17. The number of carbonyl (C=O) groups is 3. The first-order valence-corrected chi connectivity index (χ1v) is 5.74. The fourth-order valence-electron chi connectivity index (χ4n) is 1.34. The van der Waals surface area contributed by atoms with E-state index < -0.39 is 17.9 Å². The van der Waals surface area contributed by atoms with Crippen molar-refractivity contribution in [1.82, 2.24) is 10.2 Å². The van der Waals surface area contributed by atoms with Gasteiger partial charge in [-0.3, -0.25) is 14.9 Å². The minimum absolute atomic E-state index is 0.0212. The van der Waals surface area contributed by atoms with Gasteiger partial charge in [0.1, 0.15) is 0 Å². The first-order chi connectivity index (χ1) is 8.36. The van der Waals surface area contributed by atoms with Crippen molar-refractivity contribution < 1.29 is 19.5 Å². The highest BCUT2D eigenvalue weighted by Gasteiger charge is 2.16. The second-order valence-electron chi connectivity index (χ2n) is 4.26. The molecule has 102 valence electrons. The van der Waals surface area contributed by atoms with Crippen LogP contribution in [-0.4, -0.2) is 41.5 Å². The number of carbonyl (C=O) groups excluding carboxylic acids is 2. The smallest absolute Gasteiger partial charge is 0.323 e. The molecule has 0 spiro atoms. The van der Waals surface area contributed by atoms with E-state index in [1.54, 1.807) is 20.0 Å². The summed E-state index contributed by atoms with van der Waals surface area (Å²) in [7, 11) is 1.58. The summed E-state index contributed by atoms with van der Waals surface area (Å²) in [5, 5.41) is 10.8. The van der Waals surface area contributed by atoms with E-state index in [0.29, 0.717) is 13.0 Å². The monoisotopic (exact) mass is 256 g/mol. The average Bonchev–Trinajstić information content (AvgIpc) is 2.23. The molecule has 6 heteroatoms. The summed E-state index contributed by atoms with van der Waals surface area (Å²) in [5.74, 6) is -1.71. The zero-order valence-electron chi connectivity index (χ0n) is 10.8. The molecule has 0 radical (unpaired) electrons. The van der Waals surface area contributed by atoms with Gasteiger partial charge in [-0.25, -0.2) is 4.79 Å². The molecule has 0 fully saturated rings. The first kappa shape index (κ1) is 16.1. The van der Waals surface area contributed by atoms with Gasteiger partial charge >= 0.3 is 12.0 Å². The Morgan fingerprint density at radius 3 is 2.50 bits per heavy atom. The van der Waals surface area contributed by atoms with E-state index in [0.717, 1.165) is 0 Å². The number of urea groups is 1. The summed E-state index contributed by atoms with van der Waals surface area (Å²) in [6, 6.07) is -0.482. The van der Waals surface area contributed by atoms with Crippen LogP contribution in [-0.2, 0) is 9.59 Å². The fourth-order valence-corrected chi connectivity index (χ4v) is 1.34. The maximum atomic E-state index is 11.5. The van der Waals surface area contributed by atoms with Gasteiger partial charge in [0.25, 0.3) is 0 Å². The zero-order chi connectivity index (χ0) is 14.1. The van der Waals surface area contributed by atoms with Crippen molar-refractivity contribution in [3.63, 3.8) is 0 Å². The first-order valence-electron chi connectivity index (χ1n) is 5.74. The predicted molar refractivity (Wildman–Crippen MR) is 67.0 cm³/mol. The molecule has 0 rings (SSSR count). The molecule has 3 amide bonds. The third-order valence-electron chi connectivity index (χ3n) is 2.32. The Balaban J connectivity index is 4.03. The molecule has 0 saturated heterocycles. The topological polar surface area (TPSA) is 86.7 Å². The maximum Gasteiger partial charge on any atom is 0.323 e. The van der Waals surface area contributed by atoms with Crippen LogP contribution in [0.25, 0.3) is 0 Å². The molecule has 0 aromatic rings. The Kier molecular flexibility index (Phi) is 7.42. The lowest BCUT2D eigenvalue weighted by Crippen LogP contribution is -2.41. The maximum absolute atomic E-state index is 11.5. The van der Waals surface area contributed by atoms with E-state index in [1.807, 2.05) is 0 Å². The third kappa shape index (κ3) is 7.43.